The van der Waals surface area contributed by atoms with Gasteiger partial charge in [-0.3, -0.25) is 4.79 Å². The average molecular weight is 1210 g/mol. The van der Waals surface area contributed by atoms with E-state index in [-0.39, 0.29) is 40.6 Å². The summed E-state index contributed by atoms with van der Waals surface area (Å²) in [5, 5.41) is 161. The Morgan fingerprint density at radius 2 is 1.19 bits per heavy atom. The number of fused-ring (bicyclic) bond motifs is 7. The first-order valence-electron chi connectivity index (χ1n) is 30.0. The third kappa shape index (κ3) is 10.8. The minimum atomic E-state index is -1.90. The van der Waals surface area contributed by atoms with Crippen molar-refractivity contribution in [3.63, 3.8) is 0 Å². The molecule has 10 rings (SSSR count). The lowest BCUT2D eigenvalue weighted by molar-refractivity contribution is -0.361. The van der Waals surface area contributed by atoms with Gasteiger partial charge in [0.1, 0.15) is 110 Å². The fourth-order valence-corrected chi connectivity index (χ4v) is 17.2. The van der Waals surface area contributed by atoms with Crippen molar-refractivity contribution in [2.75, 3.05) is 26.4 Å². The first-order chi connectivity index (χ1) is 39.5. The molecule has 0 bridgehead atoms. The van der Waals surface area contributed by atoms with Crippen LogP contribution in [0.3, 0.4) is 0 Å². The van der Waals surface area contributed by atoms with Gasteiger partial charge in [-0.15, -0.1) is 0 Å². The summed E-state index contributed by atoms with van der Waals surface area (Å²) in [6, 6.07) is 0. The van der Waals surface area contributed by atoms with Crippen LogP contribution in [0.5, 0.6) is 0 Å². The highest BCUT2D eigenvalue weighted by Crippen LogP contribution is 2.75. The maximum atomic E-state index is 15.1. The van der Waals surface area contributed by atoms with E-state index in [0.717, 1.165) is 36.8 Å². The first kappa shape index (κ1) is 65.0. The number of esters is 1. The number of allylic oxidation sites excluding steroid dienone is 3. The predicted octanol–water partition coefficient (Wildman–Crippen LogP) is -3.01. The summed E-state index contributed by atoms with van der Waals surface area (Å²) in [5.41, 5.74) is -0.175. The maximum Gasteiger partial charge on any atom is 0.315 e. The lowest BCUT2D eigenvalue weighted by Gasteiger charge is -2.71. The van der Waals surface area contributed by atoms with Gasteiger partial charge in [0.2, 0.25) is 6.29 Å². The van der Waals surface area contributed by atoms with E-state index in [2.05, 4.69) is 47.3 Å². The molecule has 15 N–H and O–H groups in total. The lowest BCUT2D eigenvalue weighted by Crippen LogP contribution is -2.66. The molecule has 0 aromatic heterocycles. The van der Waals surface area contributed by atoms with Crippen molar-refractivity contribution in [1.29, 1.82) is 0 Å². The minimum absolute atomic E-state index is 0.150. The molecular weight excluding hydrogens is 1110 g/mol. The molecule has 0 amide bonds. The Balaban J connectivity index is 0.803. The van der Waals surface area contributed by atoms with E-state index in [1.807, 2.05) is 0 Å². The molecule has 32 atom stereocenters. The summed E-state index contributed by atoms with van der Waals surface area (Å²) in [5.74, 6) is -0.607. The molecule has 0 radical (unpaired) electrons. The number of aliphatic hydroxyl groups excluding tert-OH is 15. The van der Waals surface area contributed by atoms with E-state index in [0.29, 0.717) is 38.5 Å². The number of carbonyl (C=O) groups excluding carboxylic acids is 1. The van der Waals surface area contributed by atoms with Crippen LogP contribution < -0.4 is 0 Å². The Morgan fingerprint density at radius 3 is 1.87 bits per heavy atom. The second-order valence-corrected chi connectivity index (χ2v) is 27.2. The zero-order valence-electron chi connectivity index (χ0n) is 48.5. The number of rotatable bonds is 13. The first-order valence-corrected chi connectivity index (χ1v) is 30.0. The molecule has 0 aromatic rings. The van der Waals surface area contributed by atoms with E-state index >= 15 is 4.79 Å². The lowest BCUT2D eigenvalue weighted by atomic mass is 9.34. The Bertz CT molecular complexity index is 2360. The van der Waals surface area contributed by atoms with Crippen LogP contribution >= 0.6 is 0 Å². The van der Waals surface area contributed by atoms with Crippen LogP contribution in [-0.4, -0.2) is 263 Å². The van der Waals surface area contributed by atoms with Crippen molar-refractivity contribution in [2.45, 2.75) is 259 Å². The van der Waals surface area contributed by atoms with E-state index in [1.165, 1.54) is 6.92 Å². The van der Waals surface area contributed by atoms with Crippen molar-refractivity contribution in [3.8, 4) is 0 Å². The molecule has 9 fully saturated rings. The van der Waals surface area contributed by atoms with E-state index in [1.54, 1.807) is 0 Å². The zero-order chi connectivity index (χ0) is 61.1. The second-order valence-electron chi connectivity index (χ2n) is 27.2. The van der Waals surface area contributed by atoms with Gasteiger partial charge in [-0.2, -0.15) is 0 Å². The minimum Gasteiger partial charge on any atom is -0.432 e. The summed E-state index contributed by atoms with van der Waals surface area (Å²) in [6.45, 7) is 14.9. The molecule has 0 unspecified atom stereocenters. The summed E-state index contributed by atoms with van der Waals surface area (Å²) < 4.78 is 58.8. The van der Waals surface area contributed by atoms with E-state index in [4.69, 9.17) is 47.4 Å². The van der Waals surface area contributed by atoms with Crippen LogP contribution in [0.15, 0.2) is 23.8 Å². The van der Waals surface area contributed by atoms with Gasteiger partial charge in [0.25, 0.3) is 0 Å². The standard InChI is InChI=1S/C58H92O26/c1-23-10-15-58(53(74)84-52-43(71)39(67)36(64)30(80-52)22-76-48-44(72)40(68)47(29(20-60)79-48)83-50-41(69)37(65)34(62)24(2)77-50)17-16-56(6)25(26(58)18-23)8-9-32-55(5)13-12-33(54(3,4)31(55)11-14-57(32,56)7)81-49-45(73)46(27(61)21-75-49)82-51-42(70)38(66)35(63)28(19-59)78-51/h8,24,26-52,59-73H,1,9-22H2,2-7H3/t24-,26-,27-,28+,29+,30+,31-,32+,33-,34-,35+,36+,37+,38-,39-,40+,41+,42+,43+,44+,45+,46-,47+,48+,49-,50-,51-,52-,55-,56+,57+,58-/m0/s1. The summed E-state index contributed by atoms with van der Waals surface area (Å²) >= 11 is 0. The van der Waals surface area contributed by atoms with Crippen LogP contribution in [0.4, 0.5) is 0 Å². The van der Waals surface area contributed by atoms with Crippen molar-refractivity contribution in [2.24, 2.45) is 44.8 Å². The maximum absolute atomic E-state index is 15.1. The zero-order valence-corrected chi connectivity index (χ0v) is 48.5. The number of hydrogen-bond donors (Lipinski definition) is 15. The normalized spacial score (nSPS) is 54.0. The van der Waals surface area contributed by atoms with Crippen molar-refractivity contribution >= 4 is 5.97 Å². The van der Waals surface area contributed by atoms with Crippen molar-refractivity contribution in [3.05, 3.63) is 23.8 Å². The Labute approximate surface area is 487 Å². The van der Waals surface area contributed by atoms with Crippen LogP contribution in [0.1, 0.15) is 106 Å². The Hall–Kier alpha value is -2.01. The molecule has 26 nitrogen and oxygen atoms in total. The van der Waals surface area contributed by atoms with E-state index in [9.17, 15) is 76.6 Å². The highest BCUT2D eigenvalue weighted by molar-refractivity contribution is 5.79. The monoisotopic (exact) mass is 1200 g/mol. The molecular formula is C58H92O26. The summed E-state index contributed by atoms with van der Waals surface area (Å²) in [7, 11) is 0. The highest BCUT2D eigenvalue weighted by Gasteiger charge is 2.70. The van der Waals surface area contributed by atoms with Gasteiger partial charge in [0, 0.05) is 5.92 Å². The fraction of sp³-hybridized carbons (Fsp3) is 0.914. The molecule has 26 heteroatoms. The van der Waals surface area contributed by atoms with Gasteiger partial charge in [0.15, 0.2) is 25.2 Å². The molecule has 0 spiro atoms. The second kappa shape index (κ2) is 24.3. The van der Waals surface area contributed by atoms with Gasteiger partial charge in [-0.1, -0.05) is 58.4 Å². The fourth-order valence-electron chi connectivity index (χ4n) is 17.2. The van der Waals surface area contributed by atoms with Gasteiger partial charge < -0.3 is 124 Å². The highest BCUT2D eigenvalue weighted by atomic mass is 16.8. The predicted molar refractivity (Wildman–Crippen MR) is 283 cm³/mol. The van der Waals surface area contributed by atoms with Crippen molar-refractivity contribution in [1.82, 2.24) is 0 Å². The van der Waals surface area contributed by atoms with Gasteiger partial charge in [-0.05, 0) is 105 Å². The number of aliphatic hydroxyl groups is 15. The van der Waals surface area contributed by atoms with Gasteiger partial charge >= 0.3 is 5.97 Å². The van der Waals surface area contributed by atoms with E-state index < -0.39 is 190 Å². The molecule has 5 aliphatic heterocycles. The molecule has 480 valence electrons. The van der Waals surface area contributed by atoms with Crippen LogP contribution in [-0.2, 0) is 52.2 Å². The van der Waals surface area contributed by atoms with Gasteiger partial charge in [-0.25, -0.2) is 0 Å². The average Bonchev–Trinajstić information content (AvgIpc) is 0.777. The largest absolute Gasteiger partial charge is 0.432 e. The Morgan fingerprint density at radius 1 is 0.595 bits per heavy atom. The SMILES string of the molecule is C=C1CC[C@]2(C(=O)O[C@@H]3O[C@H](CO[C@@H]4O[C@H](CO)[C@@H](O[C@@H]5O[C@@H](C)[C@H](O)[C@@H](O)[C@H]5O)[C@H](O)[C@H]4O)[C@@H](O)[C@H](O)[C@H]3O)CC[C@]3(C)C(=CC[C@@H]4[C@@]5(C)CC[C@H](O[C@@H]6OC[C@H](O)[C@H](O[C@@H]7O[C@H](CO)[C@@H](O)[C@H](O)[C@H]7O)[C@H]6O)C(C)(C)[C@@H]5CC[C@]43C)[C@@H]2C1. The molecule has 4 saturated carbocycles. The number of ether oxygens (including phenoxy) is 10. The van der Waals surface area contributed by atoms with Crippen LogP contribution in [0.25, 0.3) is 0 Å². The Kier molecular flexibility index (Phi) is 18.8. The molecule has 0 aromatic carbocycles. The molecule has 5 aliphatic carbocycles. The van der Waals surface area contributed by atoms with Crippen LogP contribution in [0.2, 0.25) is 0 Å². The molecule has 10 aliphatic rings. The summed E-state index contributed by atoms with van der Waals surface area (Å²) in [6.07, 6.45) is -30.0. The van der Waals surface area contributed by atoms with Crippen molar-refractivity contribution < 1.29 is 129 Å². The third-order valence-electron chi connectivity index (χ3n) is 22.5. The van der Waals surface area contributed by atoms with Gasteiger partial charge in [0.05, 0.1) is 44.1 Å². The summed E-state index contributed by atoms with van der Waals surface area (Å²) in [4.78, 5) is 15.1. The quantitative estimate of drug-likeness (QED) is 0.0496. The number of carbonyl (C=O) groups is 1. The molecule has 84 heavy (non-hydrogen) atoms. The smallest absolute Gasteiger partial charge is 0.315 e. The topological polar surface area (TPSA) is 413 Å². The molecule has 5 saturated heterocycles. The number of hydrogen-bond acceptors (Lipinski definition) is 26. The third-order valence-corrected chi connectivity index (χ3v) is 22.5. The molecule has 5 heterocycles. The van der Waals surface area contributed by atoms with Crippen LogP contribution in [0, 0.1) is 44.8 Å².